The molecule has 0 fully saturated rings. The van der Waals surface area contributed by atoms with Crippen molar-refractivity contribution in [2.24, 2.45) is 17.6 Å². The Labute approximate surface area is 92.2 Å². The molecule has 90 valence electrons. The van der Waals surface area contributed by atoms with Crippen LogP contribution in [-0.4, -0.2) is 30.2 Å². The molecule has 0 spiro atoms. The van der Waals surface area contributed by atoms with Crippen molar-refractivity contribution in [3.8, 4) is 0 Å². The quantitative estimate of drug-likeness (QED) is 0.580. The summed E-state index contributed by atoms with van der Waals surface area (Å²) >= 11 is 0. The van der Waals surface area contributed by atoms with E-state index in [1.165, 1.54) is 0 Å². The van der Waals surface area contributed by atoms with E-state index in [0.717, 1.165) is 6.42 Å². The molecule has 1 amide bonds. The summed E-state index contributed by atoms with van der Waals surface area (Å²) in [6, 6.07) is -0.134. The van der Waals surface area contributed by atoms with E-state index in [-0.39, 0.29) is 24.5 Å². The van der Waals surface area contributed by atoms with Crippen LogP contribution in [0.15, 0.2) is 0 Å². The number of nitrogens with two attached hydrogens (primary N) is 1. The molecule has 0 heterocycles. The molecule has 0 aliphatic carbocycles. The summed E-state index contributed by atoms with van der Waals surface area (Å²) < 4.78 is 0. The molecule has 0 saturated carbocycles. The van der Waals surface area contributed by atoms with Crippen LogP contribution in [0.5, 0.6) is 0 Å². The van der Waals surface area contributed by atoms with Crippen LogP contribution in [0.1, 0.15) is 33.6 Å². The van der Waals surface area contributed by atoms with Crippen molar-refractivity contribution >= 4 is 5.91 Å². The third-order valence-corrected chi connectivity index (χ3v) is 2.61. The number of amides is 1. The van der Waals surface area contributed by atoms with Crippen molar-refractivity contribution in [1.29, 1.82) is 0 Å². The fourth-order valence-electron chi connectivity index (χ4n) is 1.20. The lowest BCUT2D eigenvalue weighted by atomic mass is 10.0. The van der Waals surface area contributed by atoms with Crippen LogP contribution < -0.4 is 11.1 Å². The van der Waals surface area contributed by atoms with Crippen LogP contribution in [0.25, 0.3) is 0 Å². The monoisotopic (exact) mass is 216 g/mol. The topological polar surface area (TPSA) is 75.4 Å². The minimum atomic E-state index is -0.134. The van der Waals surface area contributed by atoms with E-state index in [1.54, 1.807) is 0 Å². The largest absolute Gasteiger partial charge is 0.394 e. The van der Waals surface area contributed by atoms with Crippen molar-refractivity contribution in [1.82, 2.24) is 5.32 Å². The second kappa shape index (κ2) is 7.65. The molecular formula is C11H24N2O2. The maximum absolute atomic E-state index is 11.5. The SMILES string of the molecule is CC(CN)CCC(=O)NC(CO)C(C)C. The van der Waals surface area contributed by atoms with E-state index in [2.05, 4.69) is 5.32 Å². The van der Waals surface area contributed by atoms with Gasteiger partial charge in [-0.25, -0.2) is 0 Å². The van der Waals surface area contributed by atoms with Crippen LogP contribution in [0.2, 0.25) is 0 Å². The van der Waals surface area contributed by atoms with Gasteiger partial charge in [0.15, 0.2) is 0 Å². The average Bonchev–Trinajstić information content (AvgIpc) is 2.21. The summed E-state index contributed by atoms with van der Waals surface area (Å²) in [6.07, 6.45) is 1.29. The number of carbonyl (C=O) groups excluding carboxylic acids is 1. The second-order valence-corrected chi connectivity index (χ2v) is 4.48. The number of carbonyl (C=O) groups is 1. The maximum Gasteiger partial charge on any atom is 0.220 e. The molecule has 15 heavy (non-hydrogen) atoms. The Bertz CT molecular complexity index is 183. The van der Waals surface area contributed by atoms with Crippen molar-refractivity contribution in [3.63, 3.8) is 0 Å². The Morgan fingerprint density at radius 2 is 2.00 bits per heavy atom. The molecule has 0 aromatic rings. The maximum atomic E-state index is 11.5. The van der Waals surface area contributed by atoms with Gasteiger partial charge in [-0.1, -0.05) is 20.8 Å². The molecule has 0 aliphatic heterocycles. The first kappa shape index (κ1) is 14.4. The van der Waals surface area contributed by atoms with Crippen LogP contribution in [0, 0.1) is 11.8 Å². The normalized spacial score (nSPS) is 15.1. The van der Waals surface area contributed by atoms with Gasteiger partial charge in [0.05, 0.1) is 12.6 Å². The molecule has 0 aromatic carbocycles. The predicted octanol–water partition coefficient (Wildman–Crippen LogP) is 0.495. The van der Waals surface area contributed by atoms with Crippen molar-refractivity contribution in [2.75, 3.05) is 13.2 Å². The highest BCUT2D eigenvalue weighted by Crippen LogP contribution is 2.05. The van der Waals surface area contributed by atoms with Crippen LogP contribution in [0.4, 0.5) is 0 Å². The first-order chi connectivity index (χ1) is 7.01. The van der Waals surface area contributed by atoms with Gasteiger partial charge in [0, 0.05) is 6.42 Å². The molecule has 0 radical (unpaired) electrons. The Balaban J connectivity index is 3.81. The summed E-state index contributed by atoms with van der Waals surface area (Å²) in [5, 5.41) is 11.9. The van der Waals surface area contributed by atoms with E-state index in [9.17, 15) is 4.79 Å². The predicted molar refractivity (Wildman–Crippen MR) is 61.3 cm³/mol. The van der Waals surface area contributed by atoms with E-state index in [4.69, 9.17) is 10.8 Å². The van der Waals surface area contributed by atoms with E-state index in [1.807, 2.05) is 20.8 Å². The zero-order valence-corrected chi connectivity index (χ0v) is 9.99. The molecule has 4 nitrogen and oxygen atoms in total. The minimum Gasteiger partial charge on any atom is -0.394 e. The van der Waals surface area contributed by atoms with Gasteiger partial charge >= 0.3 is 0 Å². The van der Waals surface area contributed by atoms with Gasteiger partial charge in [-0.3, -0.25) is 4.79 Å². The molecule has 0 saturated heterocycles. The molecule has 2 unspecified atom stereocenters. The minimum absolute atomic E-state index is 0.00282. The van der Waals surface area contributed by atoms with Crippen molar-refractivity contribution < 1.29 is 9.90 Å². The number of aliphatic hydroxyl groups is 1. The smallest absolute Gasteiger partial charge is 0.220 e. The van der Waals surface area contributed by atoms with E-state index in [0.29, 0.717) is 18.9 Å². The lowest BCUT2D eigenvalue weighted by molar-refractivity contribution is -0.122. The third kappa shape index (κ3) is 6.47. The lowest BCUT2D eigenvalue weighted by Gasteiger charge is -2.20. The van der Waals surface area contributed by atoms with Crippen molar-refractivity contribution in [3.05, 3.63) is 0 Å². The molecule has 0 rings (SSSR count). The van der Waals surface area contributed by atoms with Crippen molar-refractivity contribution in [2.45, 2.75) is 39.7 Å². The first-order valence-corrected chi connectivity index (χ1v) is 5.61. The molecular weight excluding hydrogens is 192 g/mol. The van der Waals surface area contributed by atoms with Gasteiger partial charge in [0.2, 0.25) is 5.91 Å². The standard InChI is InChI=1S/C11H24N2O2/c1-8(2)10(7-14)13-11(15)5-4-9(3)6-12/h8-10,14H,4-7,12H2,1-3H3,(H,13,15). The molecule has 0 aliphatic rings. The zero-order chi connectivity index (χ0) is 11.8. The Morgan fingerprint density at radius 1 is 1.40 bits per heavy atom. The highest BCUT2D eigenvalue weighted by molar-refractivity contribution is 5.76. The number of nitrogens with one attached hydrogen (secondary N) is 1. The van der Waals surface area contributed by atoms with Crippen LogP contribution in [0.3, 0.4) is 0 Å². The first-order valence-electron chi connectivity index (χ1n) is 5.61. The summed E-state index contributed by atoms with van der Waals surface area (Å²) in [5.74, 6) is 0.635. The van der Waals surface area contributed by atoms with Gasteiger partial charge in [-0.2, -0.15) is 0 Å². The molecule has 4 heteroatoms. The number of hydrogen-bond acceptors (Lipinski definition) is 3. The number of hydrogen-bond donors (Lipinski definition) is 3. The molecule has 2 atom stereocenters. The summed E-state index contributed by atoms with van der Waals surface area (Å²) in [6.45, 7) is 6.59. The number of aliphatic hydroxyl groups excluding tert-OH is 1. The lowest BCUT2D eigenvalue weighted by Crippen LogP contribution is -2.41. The zero-order valence-electron chi connectivity index (χ0n) is 9.99. The Morgan fingerprint density at radius 3 is 2.40 bits per heavy atom. The van der Waals surface area contributed by atoms with E-state index < -0.39 is 0 Å². The summed E-state index contributed by atoms with van der Waals surface area (Å²) in [7, 11) is 0. The highest BCUT2D eigenvalue weighted by Gasteiger charge is 2.15. The van der Waals surface area contributed by atoms with E-state index >= 15 is 0 Å². The van der Waals surface area contributed by atoms with Crippen LogP contribution in [-0.2, 0) is 4.79 Å². The van der Waals surface area contributed by atoms with Crippen LogP contribution >= 0.6 is 0 Å². The fourth-order valence-corrected chi connectivity index (χ4v) is 1.20. The molecule has 0 aromatic heterocycles. The number of rotatable bonds is 7. The summed E-state index contributed by atoms with van der Waals surface area (Å²) in [5.41, 5.74) is 5.46. The third-order valence-electron chi connectivity index (χ3n) is 2.61. The Hall–Kier alpha value is -0.610. The highest BCUT2D eigenvalue weighted by atomic mass is 16.3. The van der Waals surface area contributed by atoms with Gasteiger partial charge in [-0.15, -0.1) is 0 Å². The van der Waals surface area contributed by atoms with Gasteiger partial charge in [0.1, 0.15) is 0 Å². The second-order valence-electron chi connectivity index (χ2n) is 4.48. The fraction of sp³-hybridized carbons (Fsp3) is 0.909. The average molecular weight is 216 g/mol. The summed E-state index contributed by atoms with van der Waals surface area (Å²) in [4.78, 5) is 11.5. The molecule has 4 N–H and O–H groups in total. The van der Waals surface area contributed by atoms with Gasteiger partial charge < -0.3 is 16.2 Å². The van der Waals surface area contributed by atoms with Gasteiger partial charge in [0.25, 0.3) is 0 Å². The molecule has 0 bridgehead atoms. The Kier molecular flexibility index (Phi) is 7.34. The van der Waals surface area contributed by atoms with Gasteiger partial charge in [-0.05, 0) is 24.8 Å².